The molecule has 2 N–H and O–H groups in total. The molecule has 27 heavy (non-hydrogen) atoms. The third kappa shape index (κ3) is 11.0. The zero-order valence-electron chi connectivity index (χ0n) is 16.7. The number of hydrogen-bond acceptors (Lipinski definition) is 4. The van der Waals surface area contributed by atoms with Crippen molar-refractivity contribution in [2.75, 3.05) is 6.61 Å². The lowest BCUT2D eigenvalue weighted by atomic mass is 9.69. The van der Waals surface area contributed by atoms with Crippen molar-refractivity contribution in [3.63, 3.8) is 0 Å². The van der Waals surface area contributed by atoms with Gasteiger partial charge in [-0.05, 0) is 56.3 Å². The molecular weight excluding hydrogens is 348 g/mol. The van der Waals surface area contributed by atoms with Crippen LogP contribution in [-0.4, -0.2) is 34.7 Å². The van der Waals surface area contributed by atoms with E-state index in [2.05, 4.69) is 6.92 Å². The van der Waals surface area contributed by atoms with Gasteiger partial charge in [-0.1, -0.05) is 32.6 Å². The molecule has 0 spiro atoms. The predicted octanol–water partition coefficient (Wildman–Crippen LogP) is 4.65. The van der Waals surface area contributed by atoms with E-state index in [9.17, 15) is 14.4 Å². The fraction of sp³-hybridized carbons (Fsp3) is 0.857. The van der Waals surface area contributed by atoms with Crippen LogP contribution in [0.25, 0.3) is 0 Å². The van der Waals surface area contributed by atoms with E-state index in [1.807, 2.05) is 0 Å². The summed E-state index contributed by atoms with van der Waals surface area (Å²) in [6.45, 7) is 2.63. The van der Waals surface area contributed by atoms with Crippen molar-refractivity contribution in [1.29, 1.82) is 0 Å². The summed E-state index contributed by atoms with van der Waals surface area (Å²) < 4.78 is 5.30. The summed E-state index contributed by atoms with van der Waals surface area (Å²) >= 11 is 0. The molecule has 6 heteroatoms. The third-order valence-corrected chi connectivity index (χ3v) is 5.72. The summed E-state index contributed by atoms with van der Waals surface area (Å²) in [7, 11) is 0. The Hall–Kier alpha value is -1.59. The first-order valence-electron chi connectivity index (χ1n) is 10.5. The highest BCUT2D eigenvalue weighted by atomic mass is 16.5. The number of unbranched alkanes of at least 4 members (excludes halogenated alkanes) is 3. The van der Waals surface area contributed by atoms with Gasteiger partial charge in [-0.25, -0.2) is 0 Å². The van der Waals surface area contributed by atoms with Gasteiger partial charge in [-0.2, -0.15) is 0 Å². The molecule has 1 aliphatic rings. The number of rotatable bonds is 14. The Morgan fingerprint density at radius 3 is 2.19 bits per heavy atom. The predicted molar refractivity (Wildman–Crippen MR) is 102 cm³/mol. The number of carbonyl (C=O) groups is 3. The van der Waals surface area contributed by atoms with Crippen LogP contribution in [-0.2, 0) is 19.1 Å². The largest absolute Gasteiger partial charge is 0.481 e. The molecule has 6 nitrogen and oxygen atoms in total. The number of carboxylic acids is 2. The standard InChI is InChI=1S/C21H36O6/c1-2-3-4-5-14-27-21(26)13-10-17-8-6-16(7-11-19(22)23)15-18(17)9-12-20(24)25/h16-18H,2-15H2,1H3,(H,22,23)(H,24,25). The summed E-state index contributed by atoms with van der Waals surface area (Å²) in [6, 6.07) is 0. The Labute approximate surface area is 162 Å². The molecule has 156 valence electrons. The van der Waals surface area contributed by atoms with Crippen molar-refractivity contribution in [2.45, 2.75) is 90.4 Å². The lowest BCUT2D eigenvalue weighted by Crippen LogP contribution is -2.27. The number of aliphatic carboxylic acids is 2. The average Bonchev–Trinajstić information content (AvgIpc) is 2.63. The molecule has 0 radical (unpaired) electrons. The van der Waals surface area contributed by atoms with E-state index >= 15 is 0 Å². The quantitative estimate of drug-likeness (QED) is 0.334. The number of esters is 1. The number of carboxylic acid groups (broad SMARTS) is 2. The molecule has 1 aliphatic carbocycles. The SMILES string of the molecule is CCCCCCOC(=O)CCC1CCC(CCC(=O)O)CC1CCC(=O)O. The summed E-state index contributed by atoms with van der Waals surface area (Å²) in [5.41, 5.74) is 0. The van der Waals surface area contributed by atoms with Crippen molar-refractivity contribution >= 4 is 17.9 Å². The number of carbonyl (C=O) groups excluding carboxylic acids is 1. The van der Waals surface area contributed by atoms with Crippen LogP contribution in [0.3, 0.4) is 0 Å². The Morgan fingerprint density at radius 1 is 0.852 bits per heavy atom. The number of ether oxygens (including phenoxy) is 1. The van der Waals surface area contributed by atoms with E-state index in [-0.39, 0.29) is 24.7 Å². The highest BCUT2D eigenvalue weighted by Gasteiger charge is 2.31. The monoisotopic (exact) mass is 384 g/mol. The van der Waals surface area contributed by atoms with Gasteiger partial charge < -0.3 is 14.9 Å². The lowest BCUT2D eigenvalue weighted by Gasteiger charge is -2.36. The van der Waals surface area contributed by atoms with Gasteiger partial charge in [-0.15, -0.1) is 0 Å². The van der Waals surface area contributed by atoms with E-state index in [1.54, 1.807) is 0 Å². The van der Waals surface area contributed by atoms with E-state index in [4.69, 9.17) is 14.9 Å². The van der Waals surface area contributed by atoms with Crippen molar-refractivity contribution in [2.24, 2.45) is 17.8 Å². The van der Waals surface area contributed by atoms with Gasteiger partial charge in [0.25, 0.3) is 0 Å². The summed E-state index contributed by atoms with van der Waals surface area (Å²) in [5, 5.41) is 17.9. The summed E-state index contributed by atoms with van der Waals surface area (Å²) in [4.78, 5) is 33.7. The molecule has 3 unspecified atom stereocenters. The van der Waals surface area contributed by atoms with Gasteiger partial charge in [0.1, 0.15) is 0 Å². The fourth-order valence-electron chi connectivity index (χ4n) is 4.15. The zero-order valence-corrected chi connectivity index (χ0v) is 16.7. The first kappa shape index (κ1) is 23.4. The normalized spacial score (nSPS) is 22.3. The maximum atomic E-state index is 12.0. The molecule has 0 aromatic carbocycles. The Morgan fingerprint density at radius 2 is 1.52 bits per heavy atom. The van der Waals surface area contributed by atoms with Crippen molar-refractivity contribution < 1.29 is 29.3 Å². The Balaban J connectivity index is 2.39. The van der Waals surface area contributed by atoms with Gasteiger partial charge in [0, 0.05) is 19.3 Å². The molecule has 0 aromatic rings. The van der Waals surface area contributed by atoms with Crippen LogP contribution in [0.4, 0.5) is 0 Å². The average molecular weight is 385 g/mol. The molecule has 0 aliphatic heterocycles. The van der Waals surface area contributed by atoms with Crippen LogP contribution in [0.1, 0.15) is 90.4 Å². The first-order valence-corrected chi connectivity index (χ1v) is 10.5. The minimum absolute atomic E-state index is 0.134. The molecule has 1 saturated carbocycles. The van der Waals surface area contributed by atoms with Crippen molar-refractivity contribution in [1.82, 2.24) is 0 Å². The molecular formula is C21H36O6. The van der Waals surface area contributed by atoms with Gasteiger partial charge >= 0.3 is 17.9 Å². The van der Waals surface area contributed by atoms with E-state index in [0.717, 1.165) is 51.4 Å². The Kier molecular flexibility index (Phi) is 11.8. The topological polar surface area (TPSA) is 101 Å². The van der Waals surface area contributed by atoms with Crippen LogP contribution in [0.5, 0.6) is 0 Å². The second-order valence-corrected chi connectivity index (χ2v) is 7.88. The van der Waals surface area contributed by atoms with Gasteiger partial charge in [0.05, 0.1) is 6.61 Å². The molecule has 1 rings (SSSR count). The molecule has 0 aromatic heterocycles. The molecule has 0 amide bonds. The van der Waals surface area contributed by atoms with E-state index in [0.29, 0.717) is 37.7 Å². The maximum absolute atomic E-state index is 12.0. The van der Waals surface area contributed by atoms with Crippen LogP contribution in [0.15, 0.2) is 0 Å². The maximum Gasteiger partial charge on any atom is 0.305 e. The Bertz CT molecular complexity index is 462. The molecule has 0 bridgehead atoms. The molecule has 1 fully saturated rings. The molecule has 0 heterocycles. The van der Waals surface area contributed by atoms with Gasteiger partial charge in [0.15, 0.2) is 0 Å². The second kappa shape index (κ2) is 13.6. The fourth-order valence-corrected chi connectivity index (χ4v) is 4.15. The van der Waals surface area contributed by atoms with Gasteiger partial charge in [-0.3, -0.25) is 14.4 Å². The zero-order chi connectivity index (χ0) is 20.1. The van der Waals surface area contributed by atoms with Crippen molar-refractivity contribution in [3.8, 4) is 0 Å². The minimum atomic E-state index is -0.798. The van der Waals surface area contributed by atoms with Crippen LogP contribution < -0.4 is 0 Å². The van der Waals surface area contributed by atoms with Crippen LogP contribution in [0.2, 0.25) is 0 Å². The highest BCUT2D eigenvalue weighted by Crippen LogP contribution is 2.40. The van der Waals surface area contributed by atoms with E-state index < -0.39 is 11.9 Å². The van der Waals surface area contributed by atoms with Crippen LogP contribution >= 0.6 is 0 Å². The van der Waals surface area contributed by atoms with E-state index in [1.165, 1.54) is 0 Å². The number of hydrogen-bond donors (Lipinski definition) is 2. The van der Waals surface area contributed by atoms with Gasteiger partial charge in [0.2, 0.25) is 0 Å². The highest BCUT2D eigenvalue weighted by molar-refractivity contribution is 5.69. The smallest absolute Gasteiger partial charge is 0.305 e. The summed E-state index contributed by atoms with van der Waals surface area (Å²) in [6.07, 6.45) is 9.79. The lowest BCUT2D eigenvalue weighted by molar-refractivity contribution is -0.144. The third-order valence-electron chi connectivity index (χ3n) is 5.72. The second-order valence-electron chi connectivity index (χ2n) is 7.88. The minimum Gasteiger partial charge on any atom is -0.481 e. The first-order chi connectivity index (χ1) is 12.9. The summed E-state index contributed by atoms with van der Waals surface area (Å²) in [5.74, 6) is -0.795. The van der Waals surface area contributed by atoms with Crippen molar-refractivity contribution in [3.05, 3.63) is 0 Å². The van der Waals surface area contributed by atoms with Crippen LogP contribution in [0, 0.1) is 17.8 Å². The molecule has 0 saturated heterocycles. The molecule has 3 atom stereocenters.